The number of aromatic nitrogens is 3. The van der Waals surface area contributed by atoms with E-state index in [0.717, 1.165) is 37.7 Å². The van der Waals surface area contributed by atoms with Crippen LogP contribution in [0.1, 0.15) is 17.8 Å². The predicted molar refractivity (Wildman–Crippen MR) is 91.0 cm³/mol. The maximum atomic E-state index is 13.0. The number of benzene rings is 1. The van der Waals surface area contributed by atoms with E-state index in [9.17, 15) is 4.39 Å². The van der Waals surface area contributed by atoms with Gasteiger partial charge in [0.2, 0.25) is 0 Å². The lowest BCUT2D eigenvalue weighted by atomic mass is 9.99. The molecular weight excluding hydrogens is 307 g/mol. The van der Waals surface area contributed by atoms with Crippen LogP contribution in [0.3, 0.4) is 0 Å². The second-order valence-electron chi connectivity index (χ2n) is 6.19. The summed E-state index contributed by atoms with van der Waals surface area (Å²) in [5, 5.41) is 11.3. The van der Waals surface area contributed by atoms with Gasteiger partial charge in [0.1, 0.15) is 12.1 Å². The zero-order valence-corrected chi connectivity index (χ0v) is 14.1. The maximum absolute atomic E-state index is 13.0. The maximum Gasteiger partial charge on any atom is 0.194 e. The van der Waals surface area contributed by atoms with E-state index in [-0.39, 0.29) is 5.82 Å². The molecule has 0 amide bonds. The highest BCUT2D eigenvalue weighted by Gasteiger charge is 2.25. The third-order valence-corrected chi connectivity index (χ3v) is 4.44. The number of aryl methyl sites for hydroxylation is 1. The van der Waals surface area contributed by atoms with E-state index in [4.69, 9.17) is 0 Å². The van der Waals surface area contributed by atoms with Gasteiger partial charge in [0, 0.05) is 27.2 Å². The minimum absolute atomic E-state index is 0.180. The van der Waals surface area contributed by atoms with Crippen molar-refractivity contribution in [1.82, 2.24) is 25.0 Å². The molecule has 1 unspecified atom stereocenters. The fourth-order valence-corrected chi connectivity index (χ4v) is 3.10. The third-order valence-electron chi connectivity index (χ3n) is 4.44. The normalized spacial score (nSPS) is 18.2. The van der Waals surface area contributed by atoms with Crippen LogP contribution in [0.5, 0.6) is 0 Å². The van der Waals surface area contributed by atoms with Crippen LogP contribution in [-0.4, -0.2) is 45.8 Å². The van der Waals surface area contributed by atoms with Crippen molar-refractivity contribution in [1.29, 1.82) is 0 Å². The van der Waals surface area contributed by atoms with E-state index in [1.165, 1.54) is 17.7 Å². The van der Waals surface area contributed by atoms with Crippen molar-refractivity contribution in [2.24, 2.45) is 18.0 Å². The largest absolute Gasteiger partial charge is 0.349 e. The van der Waals surface area contributed by atoms with Crippen molar-refractivity contribution in [3.8, 4) is 0 Å². The molecule has 1 aromatic heterocycles. The van der Waals surface area contributed by atoms with E-state index in [1.54, 1.807) is 13.4 Å². The Kier molecular flexibility index (Phi) is 5.08. The molecule has 1 aliphatic heterocycles. The summed E-state index contributed by atoms with van der Waals surface area (Å²) >= 11 is 0. The van der Waals surface area contributed by atoms with Crippen molar-refractivity contribution in [3.63, 3.8) is 0 Å². The number of likely N-dealkylation sites (tertiary alicyclic amines) is 1. The molecule has 0 saturated carbocycles. The van der Waals surface area contributed by atoms with Gasteiger partial charge in [-0.05, 0) is 36.5 Å². The summed E-state index contributed by atoms with van der Waals surface area (Å²) in [6.07, 6.45) is 3.77. The Morgan fingerprint density at radius 3 is 2.83 bits per heavy atom. The van der Waals surface area contributed by atoms with Gasteiger partial charge in [-0.1, -0.05) is 12.1 Å². The average Bonchev–Trinajstić information content (AvgIpc) is 3.20. The minimum atomic E-state index is -0.180. The van der Waals surface area contributed by atoms with Crippen LogP contribution in [-0.2, 0) is 20.0 Å². The van der Waals surface area contributed by atoms with Gasteiger partial charge < -0.3 is 14.8 Å². The van der Waals surface area contributed by atoms with Crippen LogP contribution >= 0.6 is 0 Å². The summed E-state index contributed by atoms with van der Waals surface area (Å²) in [5.41, 5.74) is 1.19. The smallest absolute Gasteiger partial charge is 0.194 e. The van der Waals surface area contributed by atoms with Gasteiger partial charge in [0.05, 0.1) is 6.54 Å². The molecule has 1 saturated heterocycles. The monoisotopic (exact) mass is 330 g/mol. The van der Waals surface area contributed by atoms with Crippen LogP contribution in [0.4, 0.5) is 4.39 Å². The molecule has 3 rings (SSSR count). The number of nitrogens with one attached hydrogen (secondary N) is 1. The molecule has 1 fully saturated rings. The van der Waals surface area contributed by atoms with Crippen LogP contribution in [0, 0.1) is 11.7 Å². The predicted octanol–water partition coefficient (Wildman–Crippen LogP) is 1.59. The topological polar surface area (TPSA) is 58.3 Å². The van der Waals surface area contributed by atoms with Crippen LogP contribution < -0.4 is 5.32 Å². The molecule has 1 aromatic carbocycles. The Morgan fingerprint density at radius 1 is 1.38 bits per heavy atom. The van der Waals surface area contributed by atoms with Gasteiger partial charge in [-0.15, -0.1) is 10.2 Å². The van der Waals surface area contributed by atoms with Gasteiger partial charge in [-0.3, -0.25) is 4.99 Å². The second-order valence-corrected chi connectivity index (χ2v) is 6.19. The zero-order chi connectivity index (χ0) is 16.9. The summed E-state index contributed by atoms with van der Waals surface area (Å²) in [7, 11) is 3.72. The van der Waals surface area contributed by atoms with E-state index >= 15 is 0 Å². The summed E-state index contributed by atoms with van der Waals surface area (Å²) in [4.78, 5) is 6.65. The van der Waals surface area contributed by atoms with Crippen LogP contribution in [0.2, 0.25) is 0 Å². The van der Waals surface area contributed by atoms with Gasteiger partial charge in [-0.25, -0.2) is 4.39 Å². The van der Waals surface area contributed by atoms with Crippen LogP contribution in [0.15, 0.2) is 35.6 Å². The minimum Gasteiger partial charge on any atom is -0.349 e. The number of aliphatic imine (C=N–C) groups is 1. The third kappa shape index (κ3) is 3.90. The first-order chi connectivity index (χ1) is 11.7. The first-order valence-corrected chi connectivity index (χ1v) is 8.18. The second kappa shape index (κ2) is 7.42. The van der Waals surface area contributed by atoms with Crippen LogP contribution in [0.25, 0.3) is 0 Å². The highest BCUT2D eigenvalue weighted by Crippen LogP contribution is 2.21. The fourth-order valence-electron chi connectivity index (χ4n) is 3.10. The Bertz CT molecular complexity index is 693. The molecule has 1 aliphatic rings. The Morgan fingerprint density at radius 2 is 2.17 bits per heavy atom. The molecule has 2 aromatic rings. The van der Waals surface area contributed by atoms with Crippen molar-refractivity contribution < 1.29 is 4.39 Å². The zero-order valence-electron chi connectivity index (χ0n) is 14.1. The highest BCUT2D eigenvalue weighted by molar-refractivity contribution is 5.80. The fraction of sp³-hybridized carbons (Fsp3) is 0.471. The summed E-state index contributed by atoms with van der Waals surface area (Å²) in [5.74, 6) is 2.14. The highest BCUT2D eigenvalue weighted by atomic mass is 19.1. The summed E-state index contributed by atoms with van der Waals surface area (Å²) < 4.78 is 14.9. The van der Waals surface area contributed by atoms with Crippen molar-refractivity contribution >= 4 is 5.96 Å². The number of rotatable bonds is 4. The Labute approximate surface area is 141 Å². The Hall–Kier alpha value is -2.44. The molecule has 0 aliphatic carbocycles. The number of hydrogen-bond donors (Lipinski definition) is 1. The standard InChI is InChI=1S/C17H23FN6/c1-19-17(20-10-16-22-21-12-23(16)2)24-8-7-14(11-24)9-13-3-5-15(18)6-4-13/h3-6,12,14H,7-11H2,1-2H3,(H,19,20). The number of halogens is 1. The molecule has 7 heteroatoms. The van der Waals surface area contributed by atoms with E-state index < -0.39 is 0 Å². The molecule has 2 heterocycles. The lowest BCUT2D eigenvalue weighted by molar-refractivity contribution is 0.458. The number of nitrogens with zero attached hydrogens (tertiary/aromatic N) is 5. The molecule has 0 spiro atoms. The lowest BCUT2D eigenvalue weighted by Gasteiger charge is -2.21. The van der Waals surface area contributed by atoms with Gasteiger partial charge in [0.25, 0.3) is 0 Å². The molecule has 128 valence electrons. The molecule has 1 atom stereocenters. The van der Waals surface area contributed by atoms with Gasteiger partial charge in [0.15, 0.2) is 11.8 Å². The quantitative estimate of drug-likeness (QED) is 0.683. The SMILES string of the molecule is CN=C(NCc1nncn1C)N1CCC(Cc2ccc(F)cc2)C1. The molecule has 0 bridgehead atoms. The van der Waals surface area contributed by atoms with E-state index in [1.807, 2.05) is 23.7 Å². The summed E-state index contributed by atoms with van der Waals surface area (Å²) in [6, 6.07) is 6.81. The molecule has 24 heavy (non-hydrogen) atoms. The van der Waals surface area contributed by atoms with Gasteiger partial charge in [-0.2, -0.15) is 0 Å². The number of guanidine groups is 1. The molecule has 6 nitrogen and oxygen atoms in total. The molecular formula is C17H23FN6. The lowest BCUT2D eigenvalue weighted by Crippen LogP contribution is -2.40. The molecule has 1 N–H and O–H groups in total. The van der Waals surface area contributed by atoms with Crippen molar-refractivity contribution in [2.75, 3.05) is 20.1 Å². The average molecular weight is 330 g/mol. The van der Waals surface area contributed by atoms with Crippen molar-refractivity contribution in [3.05, 3.63) is 47.8 Å². The molecule has 0 radical (unpaired) electrons. The van der Waals surface area contributed by atoms with Gasteiger partial charge >= 0.3 is 0 Å². The first-order valence-electron chi connectivity index (χ1n) is 8.18. The Balaban J connectivity index is 1.53. The van der Waals surface area contributed by atoms with E-state index in [2.05, 4.69) is 25.4 Å². The van der Waals surface area contributed by atoms with Crippen molar-refractivity contribution in [2.45, 2.75) is 19.4 Å². The number of hydrogen-bond acceptors (Lipinski definition) is 3. The first kappa shape index (κ1) is 16.4. The van der Waals surface area contributed by atoms with E-state index in [0.29, 0.717) is 12.5 Å². The summed E-state index contributed by atoms with van der Waals surface area (Å²) in [6.45, 7) is 2.53.